The van der Waals surface area contributed by atoms with Gasteiger partial charge in [0.1, 0.15) is 10.8 Å². The maximum atomic E-state index is 6.02. The van der Waals surface area contributed by atoms with Gasteiger partial charge in [0.25, 0.3) is 0 Å². The summed E-state index contributed by atoms with van der Waals surface area (Å²) in [4.78, 5) is 1.19. The van der Waals surface area contributed by atoms with Crippen molar-refractivity contribution in [3.63, 3.8) is 0 Å². The van der Waals surface area contributed by atoms with Crippen LogP contribution >= 0.6 is 38.9 Å². The molecule has 0 spiro atoms. The molecule has 3 nitrogen and oxygen atoms in total. The van der Waals surface area contributed by atoms with Crippen molar-refractivity contribution in [2.24, 2.45) is 0 Å². The Kier molecular flexibility index (Phi) is 3.28. The van der Waals surface area contributed by atoms with E-state index in [9.17, 15) is 0 Å². The van der Waals surface area contributed by atoms with E-state index in [0.717, 1.165) is 10.2 Å². The Morgan fingerprint density at radius 2 is 2.31 bits per heavy atom. The SMILES string of the molecule is Cc1nn(C(C)c2cc(Br)cs2)c(N)c1Cl. The molecule has 0 aliphatic heterocycles. The lowest BCUT2D eigenvalue weighted by Gasteiger charge is -2.11. The summed E-state index contributed by atoms with van der Waals surface area (Å²) in [5.41, 5.74) is 6.68. The molecule has 16 heavy (non-hydrogen) atoms. The lowest BCUT2D eigenvalue weighted by molar-refractivity contribution is 0.577. The van der Waals surface area contributed by atoms with E-state index in [0.29, 0.717) is 10.8 Å². The predicted octanol–water partition coefficient (Wildman–Crippen LogP) is 3.86. The molecule has 86 valence electrons. The quantitative estimate of drug-likeness (QED) is 0.913. The van der Waals surface area contributed by atoms with E-state index in [-0.39, 0.29) is 6.04 Å². The monoisotopic (exact) mass is 319 g/mol. The summed E-state index contributed by atoms with van der Waals surface area (Å²) in [6.45, 7) is 3.91. The zero-order valence-electron chi connectivity index (χ0n) is 8.87. The Morgan fingerprint density at radius 3 is 2.75 bits per heavy atom. The van der Waals surface area contributed by atoms with Gasteiger partial charge in [-0.1, -0.05) is 11.6 Å². The van der Waals surface area contributed by atoms with Gasteiger partial charge in [-0.3, -0.25) is 0 Å². The summed E-state index contributed by atoms with van der Waals surface area (Å²) in [5.74, 6) is 0.524. The van der Waals surface area contributed by atoms with Crippen LogP contribution in [-0.4, -0.2) is 9.78 Å². The number of nitrogens with zero attached hydrogens (tertiary/aromatic N) is 2. The number of halogens is 2. The normalized spacial score (nSPS) is 13.0. The van der Waals surface area contributed by atoms with Crippen molar-refractivity contribution in [2.45, 2.75) is 19.9 Å². The first kappa shape index (κ1) is 12.0. The molecular weight excluding hydrogens is 310 g/mol. The third-order valence-corrected chi connectivity index (χ3v) is 4.74. The van der Waals surface area contributed by atoms with Crippen LogP contribution in [0.3, 0.4) is 0 Å². The molecule has 0 aliphatic rings. The standard InChI is InChI=1S/C10H11BrClN3S/c1-5-9(12)10(13)15(14-5)6(2)8-3-7(11)4-16-8/h3-4,6H,13H2,1-2H3. The van der Waals surface area contributed by atoms with Crippen LogP contribution in [0.15, 0.2) is 15.9 Å². The van der Waals surface area contributed by atoms with Crippen LogP contribution in [-0.2, 0) is 0 Å². The zero-order valence-corrected chi connectivity index (χ0v) is 12.0. The molecule has 0 aliphatic carbocycles. The molecule has 0 saturated heterocycles. The molecule has 1 unspecified atom stereocenters. The third-order valence-electron chi connectivity index (χ3n) is 2.41. The fourth-order valence-corrected chi connectivity index (χ4v) is 3.12. The minimum atomic E-state index is 0.0995. The van der Waals surface area contributed by atoms with Crippen molar-refractivity contribution in [1.82, 2.24) is 9.78 Å². The van der Waals surface area contributed by atoms with Crippen molar-refractivity contribution in [2.75, 3.05) is 5.73 Å². The molecule has 2 rings (SSSR count). The van der Waals surface area contributed by atoms with Gasteiger partial charge < -0.3 is 5.73 Å². The second-order valence-corrected chi connectivity index (χ2v) is 5.81. The van der Waals surface area contributed by atoms with Crippen LogP contribution in [0.25, 0.3) is 0 Å². The van der Waals surface area contributed by atoms with E-state index in [1.165, 1.54) is 4.88 Å². The second-order valence-electron chi connectivity index (χ2n) is 3.57. The van der Waals surface area contributed by atoms with E-state index in [1.807, 2.05) is 12.3 Å². The second kappa shape index (κ2) is 4.39. The van der Waals surface area contributed by atoms with Crippen LogP contribution in [0.5, 0.6) is 0 Å². The number of hydrogen-bond acceptors (Lipinski definition) is 3. The summed E-state index contributed by atoms with van der Waals surface area (Å²) >= 11 is 11.1. The molecule has 6 heteroatoms. The highest BCUT2D eigenvalue weighted by Gasteiger charge is 2.17. The van der Waals surface area contributed by atoms with Crippen LogP contribution in [0.1, 0.15) is 23.5 Å². The number of aromatic nitrogens is 2. The van der Waals surface area contributed by atoms with Gasteiger partial charge in [0.15, 0.2) is 0 Å². The Balaban J connectivity index is 2.41. The summed E-state index contributed by atoms with van der Waals surface area (Å²) < 4.78 is 2.84. The third kappa shape index (κ3) is 1.99. The highest BCUT2D eigenvalue weighted by atomic mass is 79.9. The highest BCUT2D eigenvalue weighted by molar-refractivity contribution is 9.10. The first-order valence-electron chi connectivity index (χ1n) is 4.74. The van der Waals surface area contributed by atoms with Gasteiger partial charge in [-0.05, 0) is 35.8 Å². The highest BCUT2D eigenvalue weighted by Crippen LogP contribution is 2.32. The lowest BCUT2D eigenvalue weighted by Crippen LogP contribution is -2.10. The number of hydrogen-bond donors (Lipinski definition) is 1. The van der Waals surface area contributed by atoms with E-state index in [4.69, 9.17) is 17.3 Å². The van der Waals surface area contributed by atoms with Crippen LogP contribution in [0.2, 0.25) is 5.02 Å². The largest absolute Gasteiger partial charge is 0.383 e. The molecule has 2 aromatic heterocycles. The van der Waals surface area contributed by atoms with E-state index < -0.39 is 0 Å². The zero-order chi connectivity index (χ0) is 11.9. The average Bonchev–Trinajstić information content (AvgIpc) is 2.78. The van der Waals surface area contributed by atoms with Crippen LogP contribution in [0.4, 0.5) is 5.82 Å². The molecule has 0 fully saturated rings. The molecule has 0 saturated carbocycles. The molecule has 2 heterocycles. The van der Waals surface area contributed by atoms with E-state index in [1.54, 1.807) is 16.0 Å². The summed E-state index contributed by atoms with van der Waals surface area (Å²) in [6.07, 6.45) is 0. The smallest absolute Gasteiger partial charge is 0.141 e. The molecular formula is C10H11BrClN3S. The maximum absolute atomic E-state index is 6.02. The molecule has 0 aromatic carbocycles. The number of nitrogens with two attached hydrogens (primary N) is 1. The van der Waals surface area contributed by atoms with Crippen LogP contribution in [0, 0.1) is 6.92 Å². The van der Waals surface area contributed by atoms with Crippen molar-refractivity contribution >= 4 is 44.7 Å². The van der Waals surface area contributed by atoms with Gasteiger partial charge in [-0.15, -0.1) is 11.3 Å². The van der Waals surface area contributed by atoms with Gasteiger partial charge in [-0.25, -0.2) is 4.68 Å². The molecule has 0 radical (unpaired) electrons. The summed E-state index contributed by atoms with van der Waals surface area (Å²) in [7, 11) is 0. The minimum absolute atomic E-state index is 0.0995. The summed E-state index contributed by atoms with van der Waals surface area (Å²) in [5, 5.41) is 6.93. The molecule has 2 N–H and O–H groups in total. The molecule has 0 amide bonds. The van der Waals surface area contributed by atoms with E-state index in [2.05, 4.69) is 34.0 Å². The Labute approximate surface area is 111 Å². The van der Waals surface area contributed by atoms with Crippen LogP contribution < -0.4 is 5.73 Å². The fourth-order valence-electron chi connectivity index (χ4n) is 1.51. The number of anilines is 1. The molecule has 2 aromatic rings. The predicted molar refractivity (Wildman–Crippen MR) is 72.2 cm³/mol. The lowest BCUT2D eigenvalue weighted by atomic mass is 10.3. The van der Waals surface area contributed by atoms with Crippen molar-refractivity contribution in [3.05, 3.63) is 31.5 Å². The first-order valence-corrected chi connectivity index (χ1v) is 6.79. The molecule has 0 bridgehead atoms. The number of aryl methyl sites for hydroxylation is 1. The van der Waals surface area contributed by atoms with Crippen molar-refractivity contribution in [3.8, 4) is 0 Å². The van der Waals surface area contributed by atoms with Gasteiger partial charge in [-0.2, -0.15) is 5.10 Å². The Morgan fingerprint density at radius 1 is 1.62 bits per heavy atom. The Hall–Kier alpha value is -0.520. The Bertz CT molecular complexity index is 520. The van der Waals surface area contributed by atoms with E-state index >= 15 is 0 Å². The number of thiophene rings is 1. The maximum Gasteiger partial charge on any atom is 0.141 e. The summed E-state index contributed by atoms with van der Waals surface area (Å²) in [6, 6.07) is 2.17. The topological polar surface area (TPSA) is 43.8 Å². The fraction of sp³-hybridized carbons (Fsp3) is 0.300. The minimum Gasteiger partial charge on any atom is -0.383 e. The number of nitrogen functional groups attached to an aromatic ring is 1. The number of rotatable bonds is 2. The van der Waals surface area contributed by atoms with Crippen molar-refractivity contribution < 1.29 is 0 Å². The van der Waals surface area contributed by atoms with Gasteiger partial charge in [0, 0.05) is 14.7 Å². The van der Waals surface area contributed by atoms with Gasteiger partial charge in [0.05, 0.1) is 11.7 Å². The first-order chi connectivity index (χ1) is 7.50. The average molecular weight is 321 g/mol. The van der Waals surface area contributed by atoms with Gasteiger partial charge >= 0.3 is 0 Å². The van der Waals surface area contributed by atoms with Gasteiger partial charge in [0.2, 0.25) is 0 Å². The molecule has 1 atom stereocenters. The van der Waals surface area contributed by atoms with Crippen molar-refractivity contribution in [1.29, 1.82) is 0 Å².